The highest BCUT2D eigenvalue weighted by Gasteiger charge is 2.23. The minimum atomic E-state index is 0.00464. The largest absolute Gasteiger partial charge is 0.497 e. The first-order valence-electron chi connectivity index (χ1n) is 12.3. The fraction of sp³-hybridized carbons (Fsp3) is 0.276. The summed E-state index contributed by atoms with van der Waals surface area (Å²) < 4.78 is 13.0. The van der Waals surface area contributed by atoms with Gasteiger partial charge in [-0.3, -0.25) is 4.79 Å². The van der Waals surface area contributed by atoms with Crippen molar-refractivity contribution in [1.82, 2.24) is 20.1 Å². The second-order valence-electron chi connectivity index (χ2n) is 9.02. The van der Waals surface area contributed by atoms with E-state index in [0.717, 1.165) is 24.8 Å². The van der Waals surface area contributed by atoms with Crippen LogP contribution in [0.15, 0.2) is 78.0 Å². The van der Waals surface area contributed by atoms with Gasteiger partial charge < -0.3 is 19.4 Å². The van der Waals surface area contributed by atoms with Crippen molar-refractivity contribution in [3.05, 3.63) is 89.5 Å². The number of amides is 1. The first kappa shape index (κ1) is 24.9. The van der Waals surface area contributed by atoms with E-state index >= 15 is 0 Å². The van der Waals surface area contributed by atoms with E-state index in [-0.39, 0.29) is 17.7 Å². The van der Waals surface area contributed by atoms with E-state index in [9.17, 15) is 4.79 Å². The number of rotatable bonds is 10. The summed E-state index contributed by atoms with van der Waals surface area (Å²) in [6.07, 6.45) is 2.57. The van der Waals surface area contributed by atoms with Crippen LogP contribution < -0.4 is 14.8 Å². The molecule has 8 heteroatoms. The van der Waals surface area contributed by atoms with Crippen LogP contribution in [-0.4, -0.2) is 46.7 Å². The smallest absolute Gasteiger partial charge is 0.230 e. The van der Waals surface area contributed by atoms with Crippen molar-refractivity contribution in [2.45, 2.75) is 37.0 Å². The highest BCUT2D eigenvalue weighted by molar-refractivity contribution is 7.99. The van der Waals surface area contributed by atoms with Crippen LogP contribution in [0, 0.1) is 0 Å². The molecule has 0 aliphatic heterocycles. The Hall–Kier alpha value is -3.78. The molecule has 7 nitrogen and oxygen atoms in total. The highest BCUT2D eigenvalue weighted by atomic mass is 32.2. The van der Waals surface area contributed by atoms with Gasteiger partial charge in [0.1, 0.15) is 11.5 Å². The number of ether oxygens (including phenoxy) is 2. The Labute approximate surface area is 221 Å². The summed E-state index contributed by atoms with van der Waals surface area (Å²) in [5.74, 6) is 2.35. The van der Waals surface area contributed by atoms with E-state index in [4.69, 9.17) is 9.47 Å². The average Bonchev–Trinajstić information content (AvgIpc) is 3.54. The maximum absolute atomic E-state index is 12.8. The van der Waals surface area contributed by atoms with Crippen LogP contribution in [0.2, 0.25) is 0 Å². The predicted molar refractivity (Wildman–Crippen MR) is 145 cm³/mol. The number of nitrogens with zero attached hydrogens (tertiary/aromatic N) is 3. The molecule has 0 radical (unpaired) electrons. The zero-order valence-electron chi connectivity index (χ0n) is 21.0. The number of nitrogens with one attached hydrogen (secondary N) is 1. The molecular formula is C29H30N4O3S. The fourth-order valence-electron chi connectivity index (χ4n) is 4.69. The zero-order valence-corrected chi connectivity index (χ0v) is 21.8. The van der Waals surface area contributed by atoms with Crippen molar-refractivity contribution in [2.24, 2.45) is 0 Å². The molecule has 0 atom stereocenters. The van der Waals surface area contributed by atoms with Crippen LogP contribution in [0.4, 0.5) is 0 Å². The summed E-state index contributed by atoms with van der Waals surface area (Å²) in [6, 6.07) is 24.5. The molecule has 5 rings (SSSR count). The van der Waals surface area contributed by atoms with Crippen LogP contribution >= 0.6 is 11.8 Å². The number of benzene rings is 3. The lowest BCUT2D eigenvalue weighted by atomic mass is 10.1. The number of aromatic nitrogens is 3. The Bertz CT molecular complexity index is 1330. The van der Waals surface area contributed by atoms with Gasteiger partial charge in [-0.25, -0.2) is 0 Å². The minimum Gasteiger partial charge on any atom is -0.497 e. The zero-order chi connectivity index (χ0) is 25.6. The van der Waals surface area contributed by atoms with E-state index in [1.54, 1.807) is 14.2 Å². The maximum Gasteiger partial charge on any atom is 0.230 e. The van der Waals surface area contributed by atoms with Gasteiger partial charge in [0.15, 0.2) is 11.0 Å². The van der Waals surface area contributed by atoms with E-state index in [2.05, 4.69) is 56.5 Å². The molecule has 1 aliphatic rings. The second-order valence-corrected chi connectivity index (χ2v) is 9.97. The average molecular weight is 515 g/mol. The number of methoxy groups -OCH3 is 2. The lowest BCUT2D eigenvalue weighted by molar-refractivity contribution is -0.119. The third-order valence-corrected chi connectivity index (χ3v) is 7.51. The van der Waals surface area contributed by atoms with Crippen molar-refractivity contribution >= 4 is 17.7 Å². The predicted octanol–water partition coefficient (Wildman–Crippen LogP) is 4.58. The van der Waals surface area contributed by atoms with Gasteiger partial charge in [-0.15, -0.1) is 10.2 Å². The third kappa shape index (κ3) is 5.97. The molecule has 0 spiro atoms. The lowest BCUT2D eigenvalue weighted by Gasteiger charge is -2.13. The molecule has 190 valence electrons. The van der Waals surface area contributed by atoms with Gasteiger partial charge in [0.2, 0.25) is 5.91 Å². The summed E-state index contributed by atoms with van der Waals surface area (Å²) in [5.41, 5.74) is 4.70. The van der Waals surface area contributed by atoms with Crippen molar-refractivity contribution in [2.75, 3.05) is 20.0 Å². The number of aryl methyl sites for hydroxylation is 1. The molecule has 1 aromatic heterocycles. The monoisotopic (exact) mass is 514 g/mol. The first-order valence-corrected chi connectivity index (χ1v) is 13.3. The minimum absolute atomic E-state index is 0.00464. The molecule has 1 N–H and O–H groups in total. The van der Waals surface area contributed by atoms with Crippen LogP contribution in [0.3, 0.4) is 0 Å². The number of carbonyl (C=O) groups is 1. The molecule has 0 bridgehead atoms. The quantitative estimate of drug-likeness (QED) is 0.312. The number of fused-ring (bicyclic) bond motifs is 1. The molecule has 1 amide bonds. The summed E-state index contributed by atoms with van der Waals surface area (Å²) in [6.45, 7) is 0.674. The first-order chi connectivity index (χ1) is 18.1. The van der Waals surface area contributed by atoms with Crippen molar-refractivity contribution < 1.29 is 14.3 Å². The number of hydrogen-bond donors (Lipinski definition) is 1. The summed E-state index contributed by atoms with van der Waals surface area (Å²) in [4.78, 5) is 12.8. The molecule has 0 saturated carbocycles. The molecule has 4 aromatic rings. The molecule has 37 heavy (non-hydrogen) atoms. The van der Waals surface area contributed by atoms with E-state index < -0.39 is 0 Å². The van der Waals surface area contributed by atoms with E-state index in [0.29, 0.717) is 29.0 Å². The molecule has 1 heterocycles. The van der Waals surface area contributed by atoms with Gasteiger partial charge in [0.25, 0.3) is 0 Å². The van der Waals surface area contributed by atoms with Crippen molar-refractivity contribution in [3.8, 4) is 22.9 Å². The van der Waals surface area contributed by atoms with Gasteiger partial charge in [-0.05, 0) is 48.1 Å². The summed E-state index contributed by atoms with van der Waals surface area (Å²) in [5, 5.41) is 12.9. The molecule has 3 aromatic carbocycles. The van der Waals surface area contributed by atoms with Crippen molar-refractivity contribution in [3.63, 3.8) is 0 Å². The second kappa shape index (κ2) is 11.5. The summed E-state index contributed by atoms with van der Waals surface area (Å²) in [7, 11) is 3.25. The standard InChI is InChI=1S/C29H30N4O3S/c1-35-25-16-23(17-26(18-25)36-2)28-31-32-29(33(28)13-12-20-8-4-3-5-9-20)37-19-27(34)30-24-14-21-10-6-7-11-22(21)15-24/h3-11,16-18,24H,12-15,19H2,1-2H3,(H,30,34). The maximum atomic E-state index is 12.8. The lowest BCUT2D eigenvalue weighted by Crippen LogP contribution is -2.36. The van der Waals surface area contributed by atoms with Gasteiger partial charge in [-0.2, -0.15) is 0 Å². The normalized spacial score (nSPS) is 12.8. The third-order valence-electron chi connectivity index (χ3n) is 6.54. The van der Waals surface area contributed by atoms with Crippen LogP contribution in [0.25, 0.3) is 11.4 Å². The Balaban J connectivity index is 1.33. The Morgan fingerprint density at radius 3 is 2.24 bits per heavy atom. The highest BCUT2D eigenvalue weighted by Crippen LogP contribution is 2.31. The SMILES string of the molecule is COc1cc(OC)cc(-c2nnc(SCC(=O)NC3Cc4ccccc4C3)n2CCc2ccccc2)c1. The van der Waals surface area contributed by atoms with Gasteiger partial charge in [0, 0.05) is 24.2 Å². The number of carbonyl (C=O) groups excluding carboxylic acids is 1. The molecule has 0 unspecified atom stereocenters. The van der Waals surface area contributed by atoms with Crippen LogP contribution in [0.5, 0.6) is 11.5 Å². The number of hydrogen-bond acceptors (Lipinski definition) is 6. The number of thioether (sulfide) groups is 1. The van der Waals surface area contributed by atoms with Gasteiger partial charge >= 0.3 is 0 Å². The topological polar surface area (TPSA) is 78.3 Å². The Kier molecular flexibility index (Phi) is 7.75. The molecule has 0 saturated heterocycles. The van der Waals surface area contributed by atoms with Crippen LogP contribution in [-0.2, 0) is 30.6 Å². The van der Waals surface area contributed by atoms with E-state index in [1.807, 2.05) is 36.4 Å². The Morgan fingerprint density at radius 2 is 1.59 bits per heavy atom. The fourth-order valence-corrected chi connectivity index (χ4v) is 5.47. The summed E-state index contributed by atoms with van der Waals surface area (Å²) >= 11 is 1.41. The molecule has 1 aliphatic carbocycles. The van der Waals surface area contributed by atoms with Crippen LogP contribution in [0.1, 0.15) is 16.7 Å². The van der Waals surface area contributed by atoms with Gasteiger partial charge in [-0.1, -0.05) is 66.4 Å². The Morgan fingerprint density at radius 1 is 0.946 bits per heavy atom. The molecular weight excluding hydrogens is 484 g/mol. The molecule has 0 fully saturated rings. The van der Waals surface area contributed by atoms with E-state index in [1.165, 1.54) is 28.5 Å². The van der Waals surface area contributed by atoms with Gasteiger partial charge in [0.05, 0.1) is 20.0 Å². The van der Waals surface area contributed by atoms with Crippen molar-refractivity contribution in [1.29, 1.82) is 0 Å².